The number of nitrogens with zero attached hydrogens (tertiary/aromatic N) is 4. The molecule has 2 aliphatic carbocycles. The van der Waals surface area contributed by atoms with Gasteiger partial charge in [-0.15, -0.1) is 5.10 Å². The molecular formula is C24H31N5O. The monoisotopic (exact) mass is 405 g/mol. The molecule has 0 bridgehead atoms. The first-order valence-corrected chi connectivity index (χ1v) is 11.3. The van der Waals surface area contributed by atoms with Gasteiger partial charge in [0.05, 0.1) is 17.8 Å². The molecule has 0 aliphatic heterocycles. The lowest BCUT2D eigenvalue weighted by atomic mass is 9.85. The lowest BCUT2D eigenvalue weighted by Crippen LogP contribution is -2.20. The van der Waals surface area contributed by atoms with Gasteiger partial charge in [-0.3, -0.25) is 4.98 Å². The number of aromatic nitrogens is 4. The van der Waals surface area contributed by atoms with Gasteiger partial charge in [-0.05, 0) is 75.6 Å². The molecule has 2 N–H and O–H groups in total. The summed E-state index contributed by atoms with van der Waals surface area (Å²) >= 11 is 0. The van der Waals surface area contributed by atoms with Crippen molar-refractivity contribution in [1.29, 1.82) is 0 Å². The summed E-state index contributed by atoms with van der Waals surface area (Å²) in [5.74, 6) is 1.97. The van der Waals surface area contributed by atoms with Crippen LogP contribution in [0.4, 0.5) is 5.95 Å². The van der Waals surface area contributed by atoms with Crippen molar-refractivity contribution in [2.75, 3.05) is 5.32 Å². The number of aryl methyl sites for hydroxylation is 1. The molecule has 158 valence electrons. The normalized spacial score (nSPS) is 22.9. The average molecular weight is 406 g/mol. The molecule has 6 heteroatoms. The SMILES string of the molecule is Cc1cc(-c2cc(C3CCC(O)CC3)n3nc(N[C@@H](C)CC4CC4)ncc23)ccn1. The van der Waals surface area contributed by atoms with Crippen molar-refractivity contribution in [1.82, 2.24) is 19.6 Å². The fraction of sp³-hybridized carbons (Fsp3) is 0.542. The molecule has 2 aliphatic rings. The van der Waals surface area contributed by atoms with Crippen LogP contribution >= 0.6 is 0 Å². The number of hydrogen-bond donors (Lipinski definition) is 2. The van der Waals surface area contributed by atoms with Crippen LogP contribution in [-0.4, -0.2) is 36.8 Å². The van der Waals surface area contributed by atoms with E-state index in [9.17, 15) is 5.11 Å². The minimum Gasteiger partial charge on any atom is -0.393 e. The lowest BCUT2D eigenvalue weighted by Gasteiger charge is -2.25. The highest BCUT2D eigenvalue weighted by Gasteiger charge is 2.26. The van der Waals surface area contributed by atoms with Crippen molar-refractivity contribution in [2.24, 2.45) is 5.92 Å². The van der Waals surface area contributed by atoms with Gasteiger partial charge in [0.25, 0.3) is 0 Å². The predicted molar refractivity (Wildman–Crippen MR) is 119 cm³/mol. The Morgan fingerprint density at radius 2 is 1.93 bits per heavy atom. The lowest BCUT2D eigenvalue weighted by molar-refractivity contribution is 0.121. The van der Waals surface area contributed by atoms with Crippen LogP contribution in [0.1, 0.15) is 69.2 Å². The summed E-state index contributed by atoms with van der Waals surface area (Å²) in [5.41, 5.74) is 5.55. The highest BCUT2D eigenvalue weighted by Crippen LogP contribution is 2.38. The van der Waals surface area contributed by atoms with E-state index in [4.69, 9.17) is 5.10 Å². The van der Waals surface area contributed by atoms with E-state index in [0.717, 1.165) is 53.9 Å². The molecule has 0 unspecified atom stereocenters. The Bertz CT molecular complexity index is 1030. The third-order valence-electron chi connectivity index (χ3n) is 6.63. The van der Waals surface area contributed by atoms with E-state index in [0.29, 0.717) is 17.9 Å². The predicted octanol–water partition coefficient (Wildman–Crippen LogP) is 4.72. The van der Waals surface area contributed by atoms with E-state index in [-0.39, 0.29) is 6.10 Å². The summed E-state index contributed by atoms with van der Waals surface area (Å²) in [7, 11) is 0. The fourth-order valence-corrected chi connectivity index (χ4v) is 4.82. The Morgan fingerprint density at radius 3 is 2.67 bits per heavy atom. The highest BCUT2D eigenvalue weighted by atomic mass is 16.3. The van der Waals surface area contributed by atoms with Crippen molar-refractivity contribution in [2.45, 2.75) is 76.9 Å². The van der Waals surface area contributed by atoms with Crippen molar-refractivity contribution in [3.63, 3.8) is 0 Å². The number of rotatable bonds is 6. The maximum Gasteiger partial charge on any atom is 0.241 e. The van der Waals surface area contributed by atoms with Gasteiger partial charge in [-0.1, -0.05) is 12.8 Å². The summed E-state index contributed by atoms with van der Waals surface area (Å²) in [6.07, 6.45) is 11.2. The van der Waals surface area contributed by atoms with Crippen LogP contribution in [0.15, 0.2) is 30.6 Å². The number of pyridine rings is 1. The molecule has 5 rings (SSSR count). The zero-order valence-electron chi connectivity index (χ0n) is 17.9. The first-order chi connectivity index (χ1) is 14.6. The Labute approximate surface area is 177 Å². The van der Waals surface area contributed by atoms with E-state index in [1.807, 2.05) is 19.3 Å². The van der Waals surface area contributed by atoms with Crippen LogP contribution in [0.2, 0.25) is 0 Å². The maximum absolute atomic E-state index is 9.97. The molecule has 2 saturated carbocycles. The second-order valence-corrected chi connectivity index (χ2v) is 9.28. The van der Waals surface area contributed by atoms with Crippen LogP contribution in [0.3, 0.4) is 0 Å². The molecule has 3 aromatic heterocycles. The third kappa shape index (κ3) is 4.06. The molecule has 30 heavy (non-hydrogen) atoms. The fourth-order valence-electron chi connectivity index (χ4n) is 4.82. The minimum atomic E-state index is -0.162. The van der Waals surface area contributed by atoms with Gasteiger partial charge in [-0.2, -0.15) is 0 Å². The van der Waals surface area contributed by atoms with E-state index in [2.05, 4.69) is 44.9 Å². The number of aliphatic hydroxyl groups is 1. The Hall–Kier alpha value is -2.47. The van der Waals surface area contributed by atoms with Gasteiger partial charge < -0.3 is 10.4 Å². The Balaban J connectivity index is 1.53. The number of anilines is 1. The summed E-state index contributed by atoms with van der Waals surface area (Å²) in [5, 5.41) is 18.4. The van der Waals surface area contributed by atoms with Gasteiger partial charge in [0.1, 0.15) is 0 Å². The summed E-state index contributed by atoms with van der Waals surface area (Å²) in [6, 6.07) is 6.83. The first-order valence-electron chi connectivity index (χ1n) is 11.3. The van der Waals surface area contributed by atoms with E-state index < -0.39 is 0 Å². The van der Waals surface area contributed by atoms with Crippen LogP contribution in [0, 0.1) is 12.8 Å². The molecule has 2 fully saturated rings. The molecule has 1 atom stereocenters. The van der Waals surface area contributed by atoms with Crippen molar-refractivity contribution >= 4 is 11.5 Å². The second kappa shape index (κ2) is 7.99. The Morgan fingerprint density at radius 1 is 1.13 bits per heavy atom. The minimum absolute atomic E-state index is 0.162. The zero-order valence-corrected chi connectivity index (χ0v) is 17.9. The summed E-state index contributed by atoms with van der Waals surface area (Å²) in [4.78, 5) is 9.00. The molecule has 6 nitrogen and oxygen atoms in total. The number of fused-ring (bicyclic) bond motifs is 1. The second-order valence-electron chi connectivity index (χ2n) is 9.28. The van der Waals surface area contributed by atoms with Gasteiger partial charge in [0, 0.05) is 35.1 Å². The Kier molecular flexibility index (Phi) is 5.19. The smallest absolute Gasteiger partial charge is 0.241 e. The van der Waals surface area contributed by atoms with E-state index in [1.54, 1.807) is 0 Å². The van der Waals surface area contributed by atoms with Crippen LogP contribution in [0.5, 0.6) is 0 Å². The third-order valence-corrected chi connectivity index (χ3v) is 6.63. The van der Waals surface area contributed by atoms with Gasteiger partial charge >= 0.3 is 0 Å². The molecule has 3 heterocycles. The average Bonchev–Trinajstić information content (AvgIpc) is 3.46. The number of hydrogen-bond acceptors (Lipinski definition) is 5. The largest absolute Gasteiger partial charge is 0.393 e. The van der Waals surface area contributed by atoms with Crippen LogP contribution < -0.4 is 5.32 Å². The summed E-state index contributed by atoms with van der Waals surface area (Å²) in [6.45, 7) is 4.24. The molecule has 0 aromatic carbocycles. The van der Waals surface area contributed by atoms with Crippen molar-refractivity contribution in [3.05, 3.63) is 42.0 Å². The quantitative estimate of drug-likeness (QED) is 0.621. The van der Waals surface area contributed by atoms with Gasteiger partial charge in [-0.25, -0.2) is 9.50 Å². The van der Waals surface area contributed by atoms with Gasteiger partial charge in [0.15, 0.2) is 0 Å². The zero-order chi connectivity index (χ0) is 20.7. The van der Waals surface area contributed by atoms with E-state index >= 15 is 0 Å². The standard InChI is InChI=1S/C24H31N5O/c1-15-12-19(9-10-25-15)21-13-22(18-5-7-20(30)8-6-18)29-23(21)14-26-24(28-29)27-16(2)11-17-3-4-17/h9-10,12-14,16-18,20,30H,3-8,11H2,1-2H3,(H,27,28)/t16-,18?,20?/m0/s1. The topological polar surface area (TPSA) is 75.3 Å². The molecule has 3 aromatic rings. The molecule has 0 spiro atoms. The van der Waals surface area contributed by atoms with E-state index in [1.165, 1.54) is 25.0 Å². The molecular weight excluding hydrogens is 374 g/mol. The number of aliphatic hydroxyl groups excluding tert-OH is 1. The van der Waals surface area contributed by atoms with Gasteiger partial charge in [0.2, 0.25) is 5.95 Å². The highest BCUT2D eigenvalue weighted by molar-refractivity contribution is 5.81. The van der Waals surface area contributed by atoms with Crippen molar-refractivity contribution in [3.8, 4) is 11.1 Å². The van der Waals surface area contributed by atoms with Crippen LogP contribution in [0.25, 0.3) is 16.6 Å². The van der Waals surface area contributed by atoms with Crippen molar-refractivity contribution < 1.29 is 5.11 Å². The molecule has 0 saturated heterocycles. The molecule has 0 radical (unpaired) electrons. The number of nitrogens with one attached hydrogen (secondary N) is 1. The first kappa shape index (κ1) is 19.5. The maximum atomic E-state index is 9.97. The van der Waals surface area contributed by atoms with Crippen LogP contribution in [-0.2, 0) is 0 Å². The summed E-state index contributed by atoms with van der Waals surface area (Å²) < 4.78 is 2.09. The molecule has 0 amide bonds.